The highest BCUT2D eigenvalue weighted by molar-refractivity contribution is 5.72. The molecule has 0 N–H and O–H groups in total. The number of nitrogens with zero attached hydrogens (tertiary/aromatic N) is 1. The minimum atomic E-state index is 0.0165. The van der Waals surface area contributed by atoms with Crippen molar-refractivity contribution in [2.45, 2.75) is 90.4 Å². The van der Waals surface area contributed by atoms with E-state index < -0.39 is 0 Å². The van der Waals surface area contributed by atoms with Crippen LogP contribution in [0.5, 0.6) is 0 Å². The number of carbonyl (C=O) groups is 1. The monoisotopic (exact) mass is 375 g/mol. The van der Waals surface area contributed by atoms with E-state index in [9.17, 15) is 4.79 Å². The average Bonchev–Trinajstić information content (AvgIpc) is 2.73. The summed E-state index contributed by atoms with van der Waals surface area (Å²) < 4.78 is 5.25. The molecule has 0 amide bonds. The highest BCUT2D eigenvalue weighted by atomic mass is 16.5. The molecule has 0 bridgehead atoms. The van der Waals surface area contributed by atoms with Crippen LogP contribution in [0.4, 0.5) is 0 Å². The number of likely N-dealkylation sites (tertiary alicyclic amines) is 1. The summed E-state index contributed by atoms with van der Waals surface area (Å²) in [7, 11) is 0. The Hall–Kier alpha value is -0.830. The van der Waals surface area contributed by atoms with Crippen molar-refractivity contribution in [1.82, 2.24) is 4.90 Å². The third-order valence-corrected chi connectivity index (χ3v) is 7.10. The maximum atomic E-state index is 12.1. The van der Waals surface area contributed by atoms with Gasteiger partial charge in [0.1, 0.15) is 0 Å². The molecule has 1 aliphatic heterocycles. The van der Waals surface area contributed by atoms with Gasteiger partial charge in [-0.05, 0) is 70.3 Å². The normalized spacial score (nSPS) is 25.9. The Morgan fingerprint density at radius 1 is 0.889 bits per heavy atom. The van der Waals surface area contributed by atoms with E-state index >= 15 is 0 Å². The van der Waals surface area contributed by atoms with Crippen LogP contribution in [0.25, 0.3) is 0 Å². The first kappa shape index (κ1) is 20.9. The largest absolute Gasteiger partial charge is 0.466 e. The molecular weight excluding hydrogens is 334 g/mol. The van der Waals surface area contributed by atoms with Crippen LogP contribution in [0.15, 0.2) is 11.6 Å². The lowest BCUT2D eigenvalue weighted by atomic mass is 9.73. The van der Waals surface area contributed by atoms with Crippen LogP contribution in [-0.2, 0) is 9.53 Å². The zero-order chi connectivity index (χ0) is 18.9. The Labute approximate surface area is 166 Å². The summed E-state index contributed by atoms with van der Waals surface area (Å²) in [6.07, 6.45) is 20.3. The van der Waals surface area contributed by atoms with Gasteiger partial charge in [-0.3, -0.25) is 4.79 Å². The third kappa shape index (κ3) is 6.34. The molecule has 0 aromatic heterocycles. The lowest BCUT2D eigenvalue weighted by Gasteiger charge is -2.33. The zero-order valence-corrected chi connectivity index (χ0v) is 17.6. The molecule has 0 aromatic rings. The summed E-state index contributed by atoms with van der Waals surface area (Å²) in [4.78, 5) is 14.6. The van der Waals surface area contributed by atoms with Crippen molar-refractivity contribution in [2.24, 2.45) is 17.8 Å². The second-order valence-corrected chi connectivity index (χ2v) is 9.05. The van der Waals surface area contributed by atoms with Crippen molar-refractivity contribution >= 4 is 5.97 Å². The van der Waals surface area contributed by atoms with E-state index in [0.717, 1.165) is 50.7 Å². The Bertz CT molecular complexity index is 455. The van der Waals surface area contributed by atoms with Gasteiger partial charge in [0, 0.05) is 13.1 Å². The maximum absolute atomic E-state index is 12.1. The highest BCUT2D eigenvalue weighted by Crippen LogP contribution is 2.39. The molecule has 1 heterocycles. The van der Waals surface area contributed by atoms with E-state index in [2.05, 4.69) is 11.0 Å². The maximum Gasteiger partial charge on any atom is 0.310 e. The lowest BCUT2D eigenvalue weighted by Crippen LogP contribution is -2.39. The van der Waals surface area contributed by atoms with Gasteiger partial charge in [0.15, 0.2) is 0 Å². The molecule has 1 unspecified atom stereocenters. The van der Waals surface area contributed by atoms with E-state index in [0.29, 0.717) is 6.61 Å². The molecule has 154 valence electrons. The molecule has 27 heavy (non-hydrogen) atoms. The molecule has 0 aromatic carbocycles. The van der Waals surface area contributed by atoms with E-state index in [-0.39, 0.29) is 11.9 Å². The molecule has 1 atom stereocenters. The van der Waals surface area contributed by atoms with E-state index in [1.54, 1.807) is 0 Å². The minimum absolute atomic E-state index is 0.0165. The van der Waals surface area contributed by atoms with Gasteiger partial charge < -0.3 is 9.64 Å². The molecule has 3 aliphatic rings. The quantitative estimate of drug-likeness (QED) is 0.420. The fourth-order valence-electron chi connectivity index (χ4n) is 5.66. The van der Waals surface area contributed by atoms with E-state index in [4.69, 9.17) is 4.74 Å². The average molecular weight is 376 g/mol. The first-order valence-electron chi connectivity index (χ1n) is 11.9. The summed E-state index contributed by atoms with van der Waals surface area (Å²) in [6.45, 7) is 5.56. The number of rotatable bonds is 7. The number of piperidine rings is 1. The van der Waals surface area contributed by atoms with Gasteiger partial charge >= 0.3 is 5.97 Å². The molecule has 3 nitrogen and oxygen atoms in total. The second kappa shape index (κ2) is 11.2. The molecule has 2 aliphatic carbocycles. The van der Waals surface area contributed by atoms with Crippen molar-refractivity contribution in [1.29, 1.82) is 0 Å². The molecule has 3 heteroatoms. The number of allylic oxidation sites excluding steroid dienone is 1. The number of carbonyl (C=O) groups excluding carboxylic acids is 1. The summed E-state index contributed by atoms with van der Waals surface area (Å²) >= 11 is 0. The van der Waals surface area contributed by atoms with Crippen LogP contribution < -0.4 is 0 Å². The van der Waals surface area contributed by atoms with Gasteiger partial charge in [-0.15, -0.1) is 0 Å². The Kier molecular flexibility index (Phi) is 8.70. The Balaban J connectivity index is 1.54. The molecule has 3 fully saturated rings. The predicted octanol–water partition coefficient (Wildman–Crippen LogP) is 5.74. The number of esters is 1. The van der Waals surface area contributed by atoms with Gasteiger partial charge in [-0.1, -0.05) is 50.2 Å². The molecule has 0 spiro atoms. The van der Waals surface area contributed by atoms with Gasteiger partial charge in [0.2, 0.25) is 0 Å². The summed E-state index contributed by atoms with van der Waals surface area (Å²) in [5.41, 5.74) is 1.83. The molecule has 2 saturated carbocycles. The van der Waals surface area contributed by atoms with E-state index in [1.165, 1.54) is 64.2 Å². The SMILES string of the molecule is CCOC(=O)C1CCCN(CCC=C(C2CCCCC2)C2CCCCC2)C1. The third-order valence-electron chi connectivity index (χ3n) is 7.10. The van der Waals surface area contributed by atoms with Crippen molar-refractivity contribution < 1.29 is 9.53 Å². The summed E-state index contributed by atoms with van der Waals surface area (Å²) in [6, 6.07) is 0. The van der Waals surface area contributed by atoms with Crippen molar-refractivity contribution in [3.63, 3.8) is 0 Å². The number of hydrogen-bond donors (Lipinski definition) is 0. The Morgan fingerprint density at radius 3 is 2.07 bits per heavy atom. The highest BCUT2D eigenvalue weighted by Gasteiger charge is 2.28. The summed E-state index contributed by atoms with van der Waals surface area (Å²) in [5.74, 6) is 1.85. The molecule has 0 radical (unpaired) electrons. The van der Waals surface area contributed by atoms with Crippen LogP contribution >= 0.6 is 0 Å². The first-order chi connectivity index (χ1) is 13.3. The number of hydrogen-bond acceptors (Lipinski definition) is 3. The molecule has 3 rings (SSSR count). The predicted molar refractivity (Wildman–Crippen MR) is 112 cm³/mol. The fraction of sp³-hybridized carbons (Fsp3) is 0.875. The fourth-order valence-corrected chi connectivity index (χ4v) is 5.66. The first-order valence-corrected chi connectivity index (χ1v) is 11.9. The van der Waals surface area contributed by atoms with Crippen LogP contribution in [0.3, 0.4) is 0 Å². The van der Waals surface area contributed by atoms with Gasteiger partial charge in [-0.25, -0.2) is 0 Å². The van der Waals surface area contributed by atoms with Gasteiger partial charge in [0.25, 0.3) is 0 Å². The summed E-state index contributed by atoms with van der Waals surface area (Å²) in [5, 5.41) is 0. The zero-order valence-electron chi connectivity index (χ0n) is 17.6. The smallest absolute Gasteiger partial charge is 0.310 e. The van der Waals surface area contributed by atoms with Crippen LogP contribution in [-0.4, -0.2) is 37.1 Å². The van der Waals surface area contributed by atoms with Crippen LogP contribution in [0.1, 0.15) is 90.4 Å². The number of ether oxygens (including phenoxy) is 1. The second-order valence-electron chi connectivity index (χ2n) is 9.05. The molecule has 1 saturated heterocycles. The lowest BCUT2D eigenvalue weighted by molar-refractivity contribution is -0.149. The molecular formula is C24H41NO2. The van der Waals surface area contributed by atoms with Gasteiger partial charge in [0.05, 0.1) is 12.5 Å². The van der Waals surface area contributed by atoms with Crippen molar-refractivity contribution in [3.05, 3.63) is 11.6 Å². The van der Waals surface area contributed by atoms with E-state index in [1.807, 2.05) is 12.5 Å². The van der Waals surface area contributed by atoms with Crippen molar-refractivity contribution in [2.75, 3.05) is 26.2 Å². The van der Waals surface area contributed by atoms with Crippen molar-refractivity contribution in [3.8, 4) is 0 Å². The standard InChI is InChI=1S/C24H41NO2/c1-2-27-24(26)22-15-9-17-25(19-22)18-10-16-23(20-11-5-3-6-12-20)21-13-7-4-8-14-21/h16,20-22H,2-15,17-19H2,1H3. The van der Waals surface area contributed by atoms with Gasteiger partial charge in [-0.2, -0.15) is 0 Å². The van der Waals surface area contributed by atoms with Crippen LogP contribution in [0, 0.1) is 17.8 Å². The van der Waals surface area contributed by atoms with Crippen LogP contribution in [0.2, 0.25) is 0 Å². The minimum Gasteiger partial charge on any atom is -0.466 e. The topological polar surface area (TPSA) is 29.5 Å². The Morgan fingerprint density at radius 2 is 1.48 bits per heavy atom.